The van der Waals surface area contributed by atoms with Crippen molar-refractivity contribution in [1.29, 1.82) is 0 Å². The number of ketones is 1. The van der Waals surface area contributed by atoms with Gasteiger partial charge < -0.3 is 0 Å². The van der Waals surface area contributed by atoms with Crippen LogP contribution in [0.3, 0.4) is 0 Å². The molecule has 0 saturated carbocycles. The molecule has 5 rings (SSSR count). The third-order valence-corrected chi connectivity index (χ3v) is 6.93. The van der Waals surface area contributed by atoms with E-state index in [2.05, 4.69) is 20.3 Å². The van der Waals surface area contributed by atoms with E-state index in [1.165, 1.54) is 16.0 Å². The summed E-state index contributed by atoms with van der Waals surface area (Å²) in [5, 5.41) is 16.9. The summed E-state index contributed by atoms with van der Waals surface area (Å²) >= 11 is 0. The first kappa shape index (κ1) is 20.5. The Bertz CT molecular complexity index is 1420. The van der Waals surface area contributed by atoms with E-state index < -0.39 is 15.6 Å². The summed E-state index contributed by atoms with van der Waals surface area (Å²) < 4.78 is 25.2. The van der Waals surface area contributed by atoms with E-state index in [9.17, 15) is 13.2 Å². The second kappa shape index (κ2) is 7.31. The fourth-order valence-corrected chi connectivity index (χ4v) is 5.15. The Morgan fingerprint density at radius 3 is 2.72 bits per heavy atom. The standard InChI is InChI=1S/C21H21N7O3S/c1-14(29)8-21(12-27(13-21)32(2,30)31)28-25-11-20(26-28)18-6-15(16-9-23-24-10-16)7-19-17(18)4-3-5-22-19/h3-7,9-11H,8,12-13H2,1-2H3,(H,23,24). The van der Waals surface area contributed by atoms with Crippen molar-refractivity contribution in [2.45, 2.75) is 18.9 Å². The number of pyridine rings is 1. The Morgan fingerprint density at radius 1 is 1.22 bits per heavy atom. The first-order chi connectivity index (χ1) is 15.2. The monoisotopic (exact) mass is 451 g/mol. The minimum Gasteiger partial charge on any atom is -0.300 e. The molecule has 164 valence electrons. The minimum atomic E-state index is -3.35. The number of fused-ring (bicyclic) bond motifs is 1. The molecule has 0 aliphatic carbocycles. The lowest BCUT2D eigenvalue weighted by Gasteiger charge is -2.47. The number of hydrogen-bond donors (Lipinski definition) is 1. The van der Waals surface area contributed by atoms with Crippen LogP contribution in [0.15, 0.2) is 49.1 Å². The van der Waals surface area contributed by atoms with Gasteiger partial charge in [0, 0.05) is 48.4 Å². The predicted octanol–water partition coefficient (Wildman–Crippen LogP) is 1.83. The molecule has 1 aromatic carbocycles. The van der Waals surface area contributed by atoms with Gasteiger partial charge in [0.2, 0.25) is 10.0 Å². The number of benzene rings is 1. The first-order valence-corrected chi connectivity index (χ1v) is 11.9. The summed E-state index contributed by atoms with van der Waals surface area (Å²) in [7, 11) is -3.35. The van der Waals surface area contributed by atoms with Crippen molar-refractivity contribution in [3.63, 3.8) is 0 Å². The van der Waals surface area contributed by atoms with E-state index in [1.54, 1.807) is 24.8 Å². The van der Waals surface area contributed by atoms with Crippen LogP contribution in [0, 0.1) is 0 Å². The Balaban J connectivity index is 1.59. The fourth-order valence-electron chi connectivity index (χ4n) is 4.20. The number of rotatable bonds is 6. The van der Waals surface area contributed by atoms with Crippen molar-refractivity contribution in [1.82, 2.24) is 34.5 Å². The van der Waals surface area contributed by atoms with E-state index in [4.69, 9.17) is 5.10 Å². The maximum Gasteiger partial charge on any atom is 0.211 e. The van der Waals surface area contributed by atoms with Gasteiger partial charge in [-0.25, -0.2) is 8.42 Å². The number of Topliss-reactive ketones (excluding diaryl/α,β-unsaturated/α-hetero) is 1. The maximum absolute atomic E-state index is 12.0. The van der Waals surface area contributed by atoms with E-state index >= 15 is 0 Å². The number of carbonyl (C=O) groups is 1. The van der Waals surface area contributed by atoms with Crippen LogP contribution in [0.25, 0.3) is 33.3 Å². The molecule has 11 heteroatoms. The number of carbonyl (C=O) groups excluding carboxylic acids is 1. The SMILES string of the molecule is CC(=O)CC1(n2ncc(-c3cc(-c4cn[nH]c4)cc4ncccc34)n2)CN(S(C)(=O)=O)C1. The molecule has 1 saturated heterocycles. The van der Waals surface area contributed by atoms with Gasteiger partial charge in [0.1, 0.15) is 17.0 Å². The Labute approximate surface area is 184 Å². The highest BCUT2D eigenvalue weighted by molar-refractivity contribution is 7.88. The zero-order chi connectivity index (χ0) is 22.5. The van der Waals surface area contributed by atoms with Gasteiger partial charge in [0.05, 0.1) is 24.2 Å². The molecule has 0 radical (unpaired) electrons. The second-order valence-electron chi connectivity index (χ2n) is 8.23. The van der Waals surface area contributed by atoms with Crippen molar-refractivity contribution in [3.05, 3.63) is 49.1 Å². The normalized spacial score (nSPS) is 16.2. The number of nitrogens with zero attached hydrogens (tertiary/aromatic N) is 6. The highest BCUT2D eigenvalue weighted by Crippen LogP contribution is 2.36. The van der Waals surface area contributed by atoms with Crippen molar-refractivity contribution >= 4 is 26.7 Å². The highest BCUT2D eigenvalue weighted by atomic mass is 32.2. The average molecular weight is 452 g/mol. The van der Waals surface area contributed by atoms with Crippen molar-refractivity contribution in [2.24, 2.45) is 0 Å². The van der Waals surface area contributed by atoms with Gasteiger partial charge >= 0.3 is 0 Å². The summed E-state index contributed by atoms with van der Waals surface area (Å²) in [5.41, 5.74) is 3.33. The summed E-state index contributed by atoms with van der Waals surface area (Å²) in [4.78, 5) is 17.9. The third-order valence-electron chi connectivity index (χ3n) is 5.73. The van der Waals surface area contributed by atoms with Crippen LogP contribution < -0.4 is 0 Å². The number of hydrogen-bond acceptors (Lipinski definition) is 7. The summed E-state index contributed by atoms with van der Waals surface area (Å²) in [6.45, 7) is 1.82. The molecule has 10 nitrogen and oxygen atoms in total. The molecule has 4 heterocycles. The molecule has 0 unspecified atom stereocenters. The number of nitrogens with one attached hydrogen (secondary N) is 1. The highest BCUT2D eigenvalue weighted by Gasteiger charge is 2.50. The first-order valence-electron chi connectivity index (χ1n) is 10.0. The van der Waals surface area contributed by atoms with Gasteiger partial charge in [-0.1, -0.05) is 6.07 Å². The smallest absolute Gasteiger partial charge is 0.211 e. The van der Waals surface area contributed by atoms with E-state index in [1.807, 2.05) is 24.3 Å². The van der Waals surface area contributed by atoms with Crippen LogP contribution in [0.2, 0.25) is 0 Å². The number of aromatic nitrogens is 6. The molecule has 3 aromatic heterocycles. The third kappa shape index (κ3) is 3.49. The molecule has 32 heavy (non-hydrogen) atoms. The average Bonchev–Trinajstić information content (AvgIpc) is 3.41. The molecule has 1 aliphatic heterocycles. The van der Waals surface area contributed by atoms with Gasteiger partial charge in [-0.2, -0.15) is 24.4 Å². The Hall–Kier alpha value is -3.44. The van der Waals surface area contributed by atoms with E-state index in [-0.39, 0.29) is 25.3 Å². The van der Waals surface area contributed by atoms with Crippen molar-refractivity contribution in [3.8, 4) is 22.4 Å². The molecule has 0 amide bonds. The molecule has 0 atom stereocenters. The molecule has 1 aliphatic rings. The van der Waals surface area contributed by atoms with Gasteiger partial charge in [-0.15, -0.1) is 0 Å². The predicted molar refractivity (Wildman–Crippen MR) is 118 cm³/mol. The summed E-state index contributed by atoms with van der Waals surface area (Å²) in [5.74, 6) is -0.0476. The molecule has 0 spiro atoms. The van der Waals surface area contributed by atoms with Crippen LogP contribution in [-0.2, 0) is 20.4 Å². The number of H-pyrrole nitrogens is 1. The lowest BCUT2D eigenvalue weighted by Crippen LogP contribution is -2.65. The van der Waals surface area contributed by atoms with Crippen LogP contribution in [0.1, 0.15) is 13.3 Å². The van der Waals surface area contributed by atoms with Crippen LogP contribution in [0.5, 0.6) is 0 Å². The van der Waals surface area contributed by atoms with E-state index in [0.29, 0.717) is 5.69 Å². The van der Waals surface area contributed by atoms with Gasteiger partial charge in [-0.3, -0.25) is 14.9 Å². The van der Waals surface area contributed by atoms with Crippen LogP contribution >= 0.6 is 0 Å². The Morgan fingerprint density at radius 2 is 2.03 bits per heavy atom. The molecule has 1 N–H and O–H groups in total. The molecule has 1 fully saturated rings. The lowest BCUT2D eigenvalue weighted by atomic mass is 9.87. The molecule has 0 bridgehead atoms. The summed E-state index contributed by atoms with van der Waals surface area (Å²) in [6.07, 6.45) is 8.24. The number of sulfonamides is 1. The Kier molecular flexibility index (Phi) is 4.68. The van der Waals surface area contributed by atoms with Crippen LogP contribution in [0.4, 0.5) is 0 Å². The van der Waals surface area contributed by atoms with Crippen molar-refractivity contribution < 1.29 is 13.2 Å². The quantitative estimate of drug-likeness (QED) is 0.474. The summed E-state index contributed by atoms with van der Waals surface area (Å²) in [6, 6.07) is 7.82. The maximum atomic E-state index is 12.0. The van der Waals surface area contributed by atoms with Gasteiger partial charge in [0.15, 0.2) is 0 Å². The fraction of sp³-hybridized carbons (Fsp3) is 0.286. The zero-order valence-electron chi connectivity index (χ0n) is 17.6. The topological polar surface area (TPSA) is 127 Å². The largest absolute Gasteiger partial charge is 0.300 e. The number of aromatic amines is 1. The van der Waals surface area contributed by atoms with E-state index in [0.717, 1.165) is 33.8 Å². The molecular formula is C21H21N7O3S. The second-order valence-corrected chi connectivity index (χ2v) is 10.2. The van der Waals surface area contributed by atoms with Gasteiger partial charge in [-0.05, 0) is 30.7 Å². The zero-order valence-corrected chi connectivity index (χ0v) is 18.4. The van der Waals surface area contributed by atoms with Crippen molar-refractivity contribution in [2.75, 3.05) is 19.3 Å². The molecular weight excluding hydrogens is 430 g/mol. The van der Waals surface area contributed by atoms with Crippen LogP contribution in [-0.4, -0.2) is 68.0 Å². The molecule has 4 aromatic rings. The van der Waals surface area contributed by atoms with Gasteiger partial charge in [0.25, 0.3) is 0 Å². The lowest BCUT2D eigenvalue weighted by molar-refractivity contribution is -0.121. The minimum absolute atomic E-state index is 0.0476.